The van der Waals surface area contributed by atoms with Crippen molar-refractivity contribution < 1.29 is 4.39 Å². The van der Waals surface area contributed by atoms with Gasteiger partial charge in [-0.1, -0.05) is 38.3 Å². The van der Waals surface area contributed by atoms with Gasteiger partial charge in [-0.15, -0.1) is 11.6 Å². The Morgan fingerprint density at radius 2 is 1.90 bits per heavy atom. The molecule has 1 saturated carbocycles. The number of benzene rings is 1. The molecule has 1 aliphatic carbocycles. The van der Waals surface area contributed by atoms with E-state index in [1.165, 1.54) is 18.9 Å². The van der Waals surface area contributed by atoms with Crippen LogP contribution in [0.1, 0.15) is 56.9 Å². The molecule has 1 aromatic carbocycles. The SMILES string of the molecule is CC(C)CC1(C(Cl)c2cc(Cl)c(Br)cc2F)CCCC1. The van der Waals surface area contributed by atoms with Crippen LogP contribution in [-0.2, 0) is 0 Å². The summed E-state index contributed by atoms with van der Waals surface area (Å²) in [6.45, 7) is 4.41. The summed E-state index contributed by atoms with van der Waals surface area (Å²) in [4.78, 5) is 0. The third-order valence-electron chi connectivity index (χ3n) is 4.26. The Balaban J connectivity index is 2.37. The van der Waals surface area contributed by atoms with Crippen LogP contribution < -0.4 is 0 Å². The Morgan fingerprint density at radius 1 is 1.30 bits per heavy atom. The summed E-state index contributed by atoms with van der Waals surface area (Å²) in [7, 11) is 0. The molecule has 0 heterocycles. The highest BCUT2D eigenvalue weighted by atomic mass is 79.9. The Labute approximate surface area is 139 Å². The van der Waals surface area contributed by atoms with Gasteiger partial charge in [0.05, 0.1) is 10.4 Å². The minimum atomic E-state index is -0.307. The molecule has 4 heteroatoms. The summed E-state index contributed by atoms with van der Waals surface area (Å²) in [5.74, 6) is 0.291. The van der Waals surface area contributed by atoms with Gasteiger partial charge >= 0.3 is 0 Å². The van der Waals surface area contributed by atoms with Crippen molar-refractivity contribution in [2.24, 2.45) is 11.3 Å². The molecule has 0 aliphatic heterocycles. The minimum Gasteiger partial charge on any atom is -0.207 e. The highest BCUT2D eigenvalue weighted by molar-refractivity contribution is 9.10. The van der Waals surface area contributed by atoms with Gasteiger partial charge in [0.15, 0.2) is 0 Å². The van der Waals surface area contributed by atoms with Crippen LogP contribution >= 0.6 is 39.1 Å². The van der Waals surface area contributed by atoms with Crippen molar-refractivity contribution in [2.75, 3.05) is 0 Å². The van der Waals surface area contributed by atoms with Crippen LogP contribution in [0, 0.1) is 17.2 Å². The second-order valence-corrected chi connectivity index (χ2v) is 8.02. The molecule has 112 valence electrons. The molecule has 0 amide bonds. The maximum Gasteiger partial charge on any atom is 0.129 e. The topological polar surface area (TPSA) is 0 Å². The number of hydrogen-bond acceptors (Lipinski definition) is 0. The van der Waals surface area contributed by atoms with E-state index in [-0.39, 0.29) is 16.6 Å². The summed E-state index contributed by atoms with van der Waals surface area (Å²) in [5.41, 5.74) is 0.552. The van der Waals surface area contributed by atoms with Crippen molar-refractivity contribution in [1.29, 1.82) is 0 Å². The van der Waals surface area contributed by atoms with Gasteiger partial charge in [-0.2, -0.15) is 0 Å². The predicted octanol–water partition coefficient (Wildman–Crippen LogP) is 7.13. The molecule has 1 fully saturated rings. The molecule has 0 radical (unpaired) electrons. The van der Waals surface area contributed by atoms with Gasteiger partial charge < -0.3 is 0 Å². The van der Waals surface area contributed by atoms with Gasteiger partial charge in [-0.3, -0.25) is 0 Å². The molecule has 20 heavy (non-hydrogen) atoms. The summed E-state index contributed by atoms with van der Waals surface area (Å²) < 4.78 is 14.8. The fraction of sp³-hybridized carbons (Fsp3) is 0.625. The molecule has 0 aromatic heterocycles. The van der Waals surface area contributed by atoms with Gasteiger partial charge in [-0.05, 0) is 58.7 Å². The van der Waals surface area contributed by atoms with Crippen LogP contribution in [0.5, 0.6) is 0 Å². The number of hydrogen-bond donors (Lipinski definition) is 0. The summed E-state index contributed by atoms with van der Waals surface area (Å²) in [6.07, 6.45) is 5.55. The lowest BCUT2D eigenvalue weighted by Gasteiger charge is -2.36. The Hall–Kier alpha value is 0.210. The fourth-order valence-electron chi connectivity index (χ4n) is 3.52. The van der Waals surface area contributed by atoms with Gasteiger partial charge in [0, 0.05) is 10.0 Å². The number of halogens is 4. The third-order valence-corrected chi connectivity index (χ3v) is 6.16. The summed E-state index contributed by atoms with van der Waals surface area (Å²) >= 11 is 16.1. The van der Waals surface area contributed by atoms with Crippen LogP contribution in [0.3, 0.4) is 0 Å². The quantitative estimate of drug-likeness (QED) is 0.384. The largest absolute Gasteiger partial charge is 0.207 e. The average molecular weight is 382 g/mol. The summed E-state index contributed by atoms with van der Waals surface area (Å²) in [6, 6.07) is 3.10. The molecule has 0 spiro atoms. The zero-order valence-electron chi connectivity index (χ0n) is 11.9. The number of rotatable bonds is 4. The van der Waals surface area contributed by atoms with E-state index in [1.54, 1.807) is 6.07 Å². The molecule has 0 saturated heterocycles. The van der Waals surface area contributed by atoms with Crippen LogP contribution in [0.25, 0.3) is 0 Å². The molecular formula is C16H20BrCl2F. The van der Waals surface area contributed by atoms with E-state index in [0.29, 0.717) is 21.0 Å². The highest BCUT2D eigenvalue weighted by Crippen LogP contribution is 2.55. The lowest BCUT2D eigenvalue weighted by Crippen LogP contribution is -2.25. The van der Waals surface area contributed by atoms with Crippen molar-refractivity contribution in [3.8, 4) is 0 Å². The third kappa shape index (κ3) is 3.34. The van der Waals surface area contributed by atoms with E-state index < -0.39 is 0 Å². The van der Waals surface area contributed by atoms with Crippen molar-refractivity contribution in [2.45, 2.75) is 51.3 Å². The summed E-state index contributed by atoms with van der Waals surface area (Å²) in [5, 5.41) is 0.211. The normalized spacial score (nSPS) is 19.6. The van der Waals surface area contributed by atoms with Crippen LogP contribution in [0.4, 0.5) is 4.39 Å². The first-order valence-electron chi connectivity index (χ1n) is 7.14. The van der Waals surface area contributed by atoms with E-state index in [1.807, 2.05) is 0 Å². The first-order valence-corrected chi connectivity index (χ1v) is 8.75. The molecule has 2 rings (SSSR count). The highest BCUT2D eigenvalue weighted by Gasteiger charge is 2.42. The first-order chi connectivity index (χ1) is 9.35. The Bertz CT molecular complexity index is 482. The molecule has 1 atom stereocenters. The van der Waals surface area contributed by atoms with Gasteiger partial charge in [0.1, 0.15) is 5.82 Å². The van der Waals surface area contributed by atoms with Crippen LogP contribution in [0.15, 0.2) is 16.6 Å². The first kappa shape index (κ1) is 16.6. The monoisotopic (exact) mass is 380 g/mol. The van der Waals surface area contributed by atoms with Gasteiger partial charge in [0.2, 0.25) is 0 Å². The Kier molecular flexibility index (Phi) is 5.42. The zero-order valence-corrected chi connectivity index (χ0v) is 15.0. The molecule has 1 aliphatic rings. The average Bonchev–Trinajstić information content (AvgIpc) is 2.81. The smallest absolute Gasteiger partial charge is 0.129 e. The van der Waals surface area contributed by atoms with Crippen molar-refractivity contribution in [3.63, 3.8) is 0 Å². The lowest BCUT2D eigenvalue weighted by atomic mass is 9.73. The molecule has 1 aromatic rings. The fourth-order valence-corrected chi connectivity index (χ4v) is 4.48. The second kappa shape index (κ2) is 6.54. The van der Waals surface area contributed by atoms with Crippen LogP contribution in [0.2, 0.25) is 5.02 Å². The molecule has 0 N–H and O–H groups in total. The van der Waals surface area contributed by atoms with Crippen molar-refractivity contribution in [1.82, 2.24) is 0 Å². The predicted molar refractivity (Wildman–Crippen MR) is 88.1 cm³/mol. The molecule has 1 unspecified atom stereocenters. The molecular weight excluding hydrogens is 362 g/mol. The van der Waals surface area contributed by atoms with E-state index in [2.05, 4.69) is 29.8 Å². The molecule has 0 nitrogen and oxygen atoms in total. The Morgan fingerprint density at radius 3 is 2.45 bits per heavy atom. The zero-order chi connectivity index (χ0) is 14.9. The van der Waals surface area contributed by atoms with Gasteiger partial charge in [0.25, 0.3) is 0 Å². The minimum absolute atomic E-state index is 0.00766. The standard InChI is InChI=1S/C16H20BrCl2F/c1-10(2)9-16(5-3-4-6-16)15(19)11-7-13(18)12(17)8-14(11)20/h7-8,10,15H,3-6,9H2,1-2H3. The van der Waals surface area contributed by atoms with E-state index in [0.717, 1.165) is 19.3 Å². The van der Waals surface area contributed by atoms with E-state index >= 15 is 0 Å². The van der Waals surface area contributed by atoms with Gasteiger partial charge in [-0.25, -0.2) is 4.39 Å². The maximum atomic E-state index is 14.3. The van der Waals surface area contributed by atoms with E-state index in [9.17, 15) is 4.39 Å². The maximum absolute atomic E-state index is 14.3. The van der Waals surface area contributed by atoms with Crippen molar-refractivity contribution >= 4 is 39.1 Å². The second-order valence-electron chi connectivity index (χ2n) is 6.32. The van der Waals surface area contributed by atoms with E-state index in [4.69, 9.17) is 23.2 Å². The number of alkyl halides is 1. The van der Waals surface area contributed by atoms with Crippen molar-refractivity contribution in [3.05, 3.63) is 33.0 Å². The van der Waals surface area contributed by atoms with Crippen LogP contribution in [-0.4, -0.2) is 0 Å². The molecule has 0 bridgehead atoms. The lowest BCUT2D eigenvalue weighted by molar-refractivity contribution is 0.221.